The van der Waals surface area contributed by atoms with Gasteiger partial charge < -0.3 is 9.64 Å². The number of carbonyl (C=O) groups excluding carboxylic acids is 2. The summed E-state index contributed by atoms with van der Waals surface area (Å²) in [7, 11) is 1.34. The standard InChI is InChI=1S/C9H11Br2NO3S/c1-8(2)4(5(13)15-3)12-6(14)9(10,11)7(12)16-8/h4,7H,1-3H3/t4-,7?/m0/s1. The van der Waals surface area contributed by atoms with Gasteiger partial charge in [-0.1, -0.05) is 31.9 Å². The number of rotatable bonds is 1. The molecule has 16 heavy (non-hydrogen) atoms. The Labute approximate surface area is 115 Å². The zero-order valence-corrected chi connectivity index (χ0v) is 13.0. The zero-order chi connectivity index (χ0) is 12.3. The lowest BCUT2D eigenvalue weighted by Crippen LogP contribution is -2.68. The van der Waals surface area contributed by atoms with Crippen LogP contribution in [0.4, 0.5) is 0 Å². The SMILES string of the molecule is COC(=O)[C@@H]1N2C(=O)C(Br)(Br)C2SC1(C)C. The molecule has 0 aromatic heterocycles. The Morgan fingerprint density at radius 3 is 2.56 bits per heavy atom. The van der Waals surface area contributed by atoms with Crippen LogP contribution in [0.15, 0.2) is 0 Å². The molecular weight excluding hydrogens is 362 g/mol. The van der Waals surface area contributed by atoms with Gasteiger partial charge in [0, 0.05) is 4.75 Å². The summed E-state index contributed by atoms with van der Waals surface area (Å²) < 4.78 is 3.69. The molecule has 0 aromatic carbocycles. The van der Waals surface area contributed by atoms with E-state index in [0.29, 0.717) is 0 Å². The predicted molar refractivity (Wildman–Crippen MR) is 68.7 cm³/mol. The molecular formula is C9H11Br2NO3S. The van der Waals surface area contributed by atoms with Gasteiger partial charge in [-0.3, -0.25) is 4.79 Å². The smallest absolute Gasteiger partial charge is 0.330 e. The number of hydrogen-bond acceptors (Lipinski definition) is 4. The second kappa shape index (κ2) is 3.62. The van der Waals surface area contributed by atoms with Crippen LogP contribution >= 0.6 is 43.6 Å². The van der Waals surface area contributed by atoms with E-state index in [9.17, 15) is 9.59 Å². The van der Waals surface area contributed by atoms with Crippen LogP contribution in [-0.2, 0) is 14.3 Å². The number of hydrogen-bond donors (Lipinski definition) is 0. The van der Waals surface area contributed by atoms with Crippen LogP contribution in [0, 0.1) is 0 Å². The molecule has 2 heterocycles. The lowest BCUT2D eigenvalue weighted by molar-refractivity contribution is -0.159. The first-order valence-corrected chi connectivity index (χ1v) is 7.16. The van der Waals surface area contributed by atoms with E-state index in [4.69, 9.17) is 4.74 Å². The third-order valence-electron chi connectivity index (χ3n) is 2.86. The van der Waals surface area contributed by atoms with Crippen LogP contribution in [0.3, 0.4) is 0 Å². The second-order valence-corrected chi connectivity index (χ2v) is 9.63. The van der Waals surface area contributed by atoms with Gasteiger partial charge in [-0.25, -0.2) is 4.79 Å². The van der Waals surface area contributed by atoms with Crippen molar-refractivity contribution in [3.8, 4) is 0 Å². The Bertz CT molecular complexity index is 372. The third kappa shape index (κ3) is 1.47. The molecule has 2 aliphatic heterocycles. The first kappa shape index (κ1) is 12.7. The molecule has 1 unspecified atom stereocenters. The van der Waals surface area contributed by atoms with Gasteiger partial charge in [-0.15, -0.1) is 11.8 Å². The van der Waals surface area contributed by atoms with E-state index in [1.165, 1.54) is 7.11 Å². The van der Waals surface area contributed by atoms with Crippen LogP contribution in [-0.4, -0.2) is 43.3 Å². The summed E-state index contributed by atoms with van der Waals surface area (Å²) in [6, 6.07) is -0.511. The van der Waals surface area contributed by atoms with Crippen molar-refractivity contribution in [3.63, 3.8) is 0 Å². The monoisotopic (exact) mass is 371 g/mol. The Hall–Kier alpha value is 0.250. The van der Waals surface area contributed by atoms with E-state index in [2.05, 4.69) is 31.9 Å². The van der Waals surface area contributed by atoms with Crippen molar-refractivity contribution in [2.24, 2.45) is 0 Å². The highest BCUT2D eigenvalue weighted by atomic mass is 79.9. The normalized spacial score (nSPS) is 34.3. The van der Waals surface area contributed by atoms with Crippen LogP contribution in [0.2, 0.25) is 0 Å². The molecule has 1 amide bonds. The first-order chi connectivity index (χ1) is 7.23. The van der Waals surface area contributed by atoms with Gasteiger partial charge in [0.2, 0.25) is 0 Å². The van der Waals surface area contributed by atoms with Crippen molar-refractivity contribution in [3.05, 3.63) is 0 Å². The van der Waals surface area contributed by atoms with Gasteiger partial charge in [0.25, 0.3) is 5.91 Å². The molecule has 7 heteroatoms. The largest absolute Gasteiger partial charge is 0.467 e. The Morgan fingerprint density at radius 1 is 1.50 bits per heavy atom. The van der Waals surface area contributed by atoms with Crippen molar-refractivity contribution in [2.45, 2.75) is 33.2 Å². The zero-order valence-electron chi connectivity index (χ0n) is 8.99. The molecule has 0 bridgehead atoms. The van der Waals surface area contributed by atoms with Crippen LogP contribution < -0.4 is 0 Å². The number of amides is 1. The minimum atomic E-state index is -0.731. The summed E-state index contributed by atoms with van der Waals surface area (Å²) in [5.41, 5.74) is 0. The molecule has 90 valence electrons. The fourth-order valence-corrected chi connectivity index (χ4v) is 4.98. The number of esters is 1. The van der Waals surface area contributed by atoms with Crippen molar-refractivity contribution in [1.82, 2.24) is 4.90 Å². The number of methoxy groups -OCH3 is 1. The van der Waals surface area contributed by atoms with Crippen molar-refractivity contribution in [2.75, 3.05) is 7.11 Å². The molecule has 0 spiro atoms. The van der Waals surface area contributed by atoms with Gasteiger partial charge in [-0.2, -0.15) is 0 Å². The van der Waals surface area contributed by atoms with Crippen LogP contribution in [0.1, 0.15) is 13.8 Å². The van der Waals surface area contributed by atoms with Gasteiger partial charge >= 0.3 is 5.97 Å². The topological polar surface area (TPSA) is 46.6 Å². The molecule has 2 rings (SSSR count). The van der Waals surface area contributed by atoms with Crippen molar-refractivity contribution < 1.29 is 14.3 Å². The Morgan fingerprint density at radius 2 is 2.06 bits per heavy atom. The van der Waals surface area contributed by atoms with E-state index in [1.54, 1.807) is 16.7 Å². The summed E-state index contributed by atoms with van der Waals surface area (Å²) in [5.74, 6) is -0.477. The van der Waals surface area contributed by atoms with Crippen LogP contribution in [0.5, 0.6) is 0 Å². The van der Waals surface area contributed by atoms with Crippen molar-refractivity contribution in [1.29, 1.82) is 0 Å². The molecule has 0 N–H and O–H groups in total. The summed E-state index contributed by atoms with van der Waals surface area (Å²) in [4.78, 5) is 25.2. The molecule has 0 radical (unpaired) electrons. The fourth-order valence-electron chi connectivity index (χ4n) is 2.07. The third-order valence-corrected chi connectivity index (χ3v) is 6.65. The molecule has 0 aromatic rings. The maximum absolute atomic E-state index is 11.9. The highest BCUT2D eigenvalue weighted by molar-refractivity contribution is 9.26. The summed E-state index contributed by atoms with van der Waals surface area (Å²) >= 11 is 8.27. The number of ether oxygens (including phenoxy) is 1. The Kier molecular flexibility index (Phi) is 2.87. The van der Waals surface area contributed by atoms with Crippen LogP contribution in [0.25, 0.3) is 0 Å². The lowest BCUT2D eigenvalue weighted by Gasteiger charge is -2.46. The quantitative estimate of drug-likeness (QED) is 0.399. The maximum atomic E-state index is 11.9. The molecule has 0 saturated carbocycles. The number of fused-ring (bicyclic) bond motifs is 1. The van der Waals surface area contributed by atoms with E-state index < -0.39 is 9.28 Å². The molecule has 2 fully saturated rings. The van der Waals surface area contributed by atoms with Gasteiger partial charge in [0.1, 0.15) is 11.4 Å². The molecule has 2 aliphatic rings. The average molecular weight is 373 g/mol. The molecule has 2 atom stereocenters. The summed E-state index contributed by atoms with van der Waals surface area (Å²) in [6.45, 7) is 3.89. The van der Waals surface area contributed by atoms with E-state index in [-0.39, 0.29) is 22.0 Å². The highest BCUT2D eigenvalue weighted by Gasteiger charge is 2.70. The van der Waals surface area contributed by atoms with Gasteiger partial charge in [0.05, 0.1) is 7.11 Å². The number of halogens is 2. The molecule has 0 aliphatic carbocycles. The minimum absolute atomic E-state index is 0.0703. The second-order valence-electron chi connectivity index (χ2n) is 4.33. The van der Waals surface area contributed by atoms with Gasteiger partial charge in [0.15, 0.2) is 3.23 Å². The number of carbonyl (C=O) groups is 2. The summed E-state index contributed by atoms with van der Waals surface area (Å²) in [6.07, 6.45) is 0. The van der Waals surface area contributed by atoms with Gasteiger partial charge in [-0.05, 0) is 13.8 Å². The Balaban J connectivity index is 2.34. The van der Waals surface area contributed by atoms with E-state index >= 15 is 0 Å². The molecule has 4 nitrogen and oxygen atoms in total. The number of β-lactam (4-membered cyclic amide) rings is 1. The van der Waals surface area contributed by atoms with E-state index in [1.807, 2.05) is 13.8 Å². The average Bonchev–Trinajstić information content (AvgIpc) is 2.47. The van der Waals surface area contributed by atoms with E-state index in [0.717, 1.165) is 0 Å². The maximum Gasteiger partial charge on any atom is 0.330 e. The predicted octanol–water partition coefficient (Wildman–Crippen LogP) is 1.71. The number of nitrogens with zero attached hydrogens (tertiary/aromatic N) is 1. The minimum Gasteiger partial charge on any atom is -0.467 e. The fraction of sp³-hybridized carbons (Fsp3) is 0.778. The lowest BCUT2D eigenvalue weighted by atomic mass is 9.98. The highest BCUT2D eigenvalue weighted by Crippen LogP contribution is 2.60. The first-order valence-electron chi connectivity index (χ1n) is 4.69. The number of alkyl halides is 2. The van der Waals surface area contributed by atoms with Crippen molar-refractivity contribution >= 4 is 55.5 Å². The number of thioether (sulfide) groups is 1. The summed E-state index contributed by atoms with van der Waals surface area (Å²) in [5, 5.41) is -0.0703. The molecule has 2 saturated heterocycles.